The molecule has 2 aromatic rings. The van der Waals surface area contributed by atoms with Gasteiger partial charge in [0.1, 0.15) is 23.2 Å². The van der Waals surface area contributed by atoms with Gasteiger partial charge in [0.05, 0.1) is 6.20 Å². The van der Waals surface area contributed by atoms with Crippen molar-refractivity contribution in [3.05, 3.63) is 52.7 Å². The Morgan fingerprint density at radius 1 is 1.13 bits per heavy atom. The molecule has 0 bridgehead atoms. The van der Waals surface area contributed by atoms with E-state index < -0.39 is 29.0 Å². The molecule has 1 saturated carbocycles. The molecule has 0 spiro atoms. The minimum atomic E-state index is -0.937. The van der Waals surface area contributed by atoms with Crippen LogP contribution in [0, 0.1) is 31.4 Å². The molecule has 1 N–H and O–H groups in total. The van der Waals surface area contributed by atoms with E-state index in [0.717, 1.165) is 12.3 Å². The smallest absolute Gasteiger partial charge is 0.221 e. The van der Waals surface area contributed by atoms with Gasteiger partial charge in [0, 0.05) is 35.9 Å². The van der Waals surface area contributed by atoms with Crippen LogP contribution in [-0.2, 0) is 14.4 Å². The summed E-state index contributed by atoms with van der Waals surface area (Å²) in [6.45, 7) is 9.04. The number of nitrogens with zero attached hydrogens (tertiary/aromatic N) is 1. The van der Waals surface area contributed by atoms with Gasteiger partial charge in [0.15, 0.2) is 11.6 Å². The summed E-state index contributed by atoms with van der Waals surface area (Å²) in [6.07, 6.45) is 0.934. The normalized spacial score (nSPS) is 19.1. The lowest BCUT2D eigenvalue weighted by Gasteiger charge is -2.21. The maximum absolute atomic E-state index is 14.2. The number of halogens is 2. The van der Waals surface area contributed by atoms with E-state index >= 15 is 0 Å². The molecule has 1 aliphatic rings. The first-order valence-corrected chi connectivity index (χ1v) is 10.2. The van der Waals surface area contributed by atoms with Crippen molar-refractivity contribution in [3.63, 3.8) is 0 Å². The van der Waals surface area contributed by atoms with Gasteiger partial charge in [0.2, 0.25) is 5.91 Å². The van der Waals surface area contributed by atoms with E-state index in [9.17, 15) is 23.2 Å². The van der Waals surface area contributed by atoms with Crippen LogP contribution in [0.15, 0.2) is 24.4 Å². The molecule has 2 atom stereocenters. The molecule has 1 aromatic carbocycles. The van der Waals surface area contributed by atoms with Gasteiger partial charge < -0.3 is 5.32 Å². The first-order chi connectivity index (χ1) is 14.4. The molecule has 0 radical (unpaired) electrons. The Morgan fingerprint density at radius 2 is 1.74 bits per heavy atom. The third-order valence-electron chi connectivity index (χ3n) is 5.37. The summed E-state index contributed by atoms with van der Waals surface area (Å²) in [5.41, 5.74) is 1.89. The minimum Gasteiger partial charge on any atom is -0.351 e. The zero-order valence-electron chi connectivity index (χ0n) is 18.3. The predicted molar refractivity (Wildman–Crippen MR) is 112 cm³/mol. The number of rotatable bonds is 4. The van der Waals surface area contributed by atoms with Crippen molar-refractivity contribution >= 4 is 17.5 Å². The van der Waals surface area contributed by atoms with Crippen LogP contribution in [-0.4, -0.2) is 28.0 Å². The summed E-state index contributed by atoms with van der Waals surface area (Å²) >= 11 is 0. The van der Waals surface area contributed by atoms with Crippen molar-refractivity contribution in [1.29, 1.82) is 0 Å². The molecule has 1 amide bonds. The maximum atomic E-state index is 14.2. The first kappa shape index (κ1) is 22.7. The number of hydrogen-bond donors (Lipinski definition) is 1. The number of pyridine rings is 1. The average molecular weight is 428 g/mol. The molecule has 164 valence electrons. The van der Waals surface area contributed by atoms with Crippen molar-refractivity contribution in [2.24, 2.45) is 5.92 Å². The first-order valence-electron chi connectivity index (χ1n) is 10.2. The summed E-state index contributed by atoms with van der Waals surface area (Å²) in [7, 11) is 0. The van der Waals surface area contributed by atoms with Crippen molar-refractivity contribution < 1.29 is 23.2 Å². The van der Waals surface area contributed by atoms with Gasteiger partial charge in [-0.3, -0.25) is 19.4 Å². The second-order valence-electron chi connectivity index (χ2n) is 9.21. The largest absolute Gasteiger partial charge is 0.351 e. The van der Waals surface area contributed by atoms with Gasteiger partial charge in [-0.1, -0.05) is 0 Å². The molecule has 0 aliphatic heterocycles. The molecule has 31 heavy (non-hydrogen) atoms. The molecule has 3 rings (SSSR count). The summed E-state index contributed by atoms with van der Waals surface area (Å²) in [4.78, 5) is 41.9. The summed E-state index contributed by atoms with van der Waals surface area (Å²) in [5, 5.41) is 2.82. The molecular formula is C24H26F2N2O3. The lowest BCUT2D eigenvalue weighted by atomic mass is 9.85. The van der Waals surface area contributed by atoms with Gasteiger partial charge in [-0.25, -0.2) is 8.78 Å². The number of nitrogens with one attached hydrogen (secondary N) is 1. The molecule has 1 fully saturated rings. The molecule has 1 aliphatic carbocycles. The number of amides is 1. The highest BCUT2D eigenvalue weighted by molar-refractivity contribution is 6.15. The van der Waals surface area contributed by atoms with Crippen LogP contribution in [0.2, 0.25) is 0 Å². The molecule has 0 saturated heterocycles. The Balaban J connectivity index is 1.89. The topological polar surface area (TPSA) is 76.1 Å². The number of carbonyl (C=O) groups is 3. The number of hydrogen-bond acceptors (Lipinski definition) is 4. The predicted octanol–water partition coefficient (Wildman–Crippen LogP) is 4.19. The Kier molecular flexibility index (Phi) is 6.07. The van der Waals surface area contributed by atoms with Gasteiger partial charge in [-0.15, -0.1) is 0 Å². The van der Waals surface area contributed by atoms with Gasteiger partial charge in [-0.05, 0) is 63.4 Å². The quantitative estimate of drug-likeness (QED) is 0.741. The van der Waals surface area contributed by atoms with E-state index in [1.165, 1.54) is 0 Å². The monoisotopic (exact) mass is 428 g/mol. The van der Waals surface area contributed by atoms with E-state index in [1.807, 2.05) is 20.8 Å². The standard InChI is InChI=1S/C24H26F2N2O3/c1-12-6-14(22-17(26)10-16(25)11-27-22)7-13(2)20(12)21-18(29)8-15(23(21)31)9-19(30)28-24(3,4)5/h6-7,10-11,15,21H,8-9H2,1-5H3,(H,28,30)/t15?,21-/m1/s1. The lowest BCUT2D eigenvalue weighted by Crippen LogP contribution is -2.41. The van der Waals surface area contributed by atoms with E-state index in [-0.39, 0.29) is 36.0 Å². The maximum Gasteiger partial charge on any atom is 0.221 e. The Labute approximate surface area is 180 Å². The molecule has 5 nitrogen and oxygen atoms in total. The van der Waals surface area contributed by atoms with Crippen molar-refractivity contribution in [1.82, 2.24) is 10.3 Å². The van der Waals surface area contributed by atoms with Gasteiger partial charge in [-0.2, -0.15) is 0 Å². The van der Waals surface area contributed by atoms with Crippen LogP contribution >= 0.6 is 0 Å². The fraction of sp³-hybridized carbons (Fsp3) is 0.417. The third-order valence-corrected chi connectivity index (χ3v) is 5.37. The van der Waals surface area contributed by atoms with Crippen molar-refractivity contribution in [3.8, 4) is 11.3 Å². The van der Waals surface area contributed by atoms with Crippen LogP contribution in [0.1, 0.15) is 56.2 Å². The summed E-state index contributed by atoms with van der Waals surface area (Å²) < 4.78 is 27.4. The molecule has 1 heterocycles. The van der Waals surface area contributed by atoms with E-state index in [2.05, 4.69) is 10.3 Å². The highest BCUT2D eigenvalue weighted by Crippen LogP contribution is 2.38. The molecule has 7 heteroatoms. The van der Waals surface area contributed by atoms with E-state index in [0.29, 0.717) is 22.3 Å². The number of aryl methyl sites for hydroxylation is 2. The van der Waals surface area contributed by atoms with Crippen molar-refractivity contribution in [2.75, 3.05) is 0 Å². The molecule has 1 aromatic heterocycles. The van der Waals surface area contributed by atoms with E-state index in [1.54, 1.807) is 26.0 Å². The number of carbonyl (C=O) groups excluding carboxylic acids is 3. The summed E-state index contributed by atoms with van der Waals surface area (Å²) in [6, 6.07) is 4.05. The van der Waals surface area contributed by atoms with Crippen LogP contribution in [0.4, 0.5) is 8.78 Å². The zero-order chi connectivity index (χ0) is 23.1. The highest BCUT2D eigenvalue weighted by Gasteiger charge is 2.44. The Morgan fingerprint density at radius 3 is 2.29 bits per heavy atom. The number of aromatic nitrogens is 1. The number of Topliss-reactive ketones (excluding diaryl/α,β-unsaturated/α-hetero) is 2. The average Bonchev–Trinajstić information content (AvgIpc) is 2.87. The third kappa shape index (κ3) is 4.86. The van der Waals surface area contributed by atoms with E-state index in [4.69, 9.17) is 0 Å². The van der Waals surface area contributed by atoms with Crippen LogP contribution in [0.3, 0.4) is 0 Å². The van der Waals surface area contributed by atoms with Gasteiger partial charge in [0.25, 0.3) is 0 Å². The Bertz CT molecular complexity index is 1050. The fourth-order valence-corrected chi connectivity index (χ4v) is 4.22. The minimum absolute atomic E-state index is 0.0000436. The fourth-order valence-electron chi connectivity index (χ4n) is 4.22. The molecule has 1 unspecified atom stereocenters. The molecular weight excluding hydrogens is 402 g/mol. The highest BCUT2D eigenvalue weighted by atomic mass is 19.1. The second kappa shape index (κ2) is 8.29. The Hall–Kier alpha value is -2.96. The SMILES string of the molecule is Cc1cc(-c2ncc(F)cc2F)cc(C)c1[C@H]1C(=O)CC(CC(=O)NC(C)(C)C)C1=O. The summed E-state index contributed by atoms with van der Waals surface area (Å²) in [5.74, 6) is -3.90. The zero-order valence-corrected chi connectivity index (χ0v) is 18.3. The lowest BCUT2D eigenvalue weighted by molar-refractivity contribution is -0.129. The van der Waals surface area contributed by atoms with Crippen LogP contribution in [0.5, 0.6) is 0 Å². The second-order valence-corrected chi connectivity index (χ2v) is 9.21. The van der Waals surface area contributed by atoms with Crippen molar-refractivity contribution in [2.45, 2.75) is 58.9 Å². The number of ketones is 2. The number of benzene rings is 1. The van der Waals surface area contributed by atoms with Gasteiger partial charge >= 0.3 is 0 Å². The van der Waals surface area contributed by atoms with Crippen LogP contribution in [0.25, 0.3) is 11.3 Å². The van der Waals surface area contributed by atoms with Crippen LogP contribution < -0.4 is 5.32 Å².